The SMILES string of the molecule is O=C1NC(=O)/C(=C/c2ccc(C(=O)OCN3CCC[C@@H]3c3nc4ccccc4o3)cc2)S1. The summed E-state index contributed by atoms with van der Waals surface area (Å²) < 4.78 is 11.4. The summed E-state index contributed by atoms with van der Waals surface area (Å²) in [6.07, 6.45) is 3.47. The third-order valence-electron chi connectivity index (χ3n) is 5.41. The van der Waals surface area contributed by atoms with Crippen LogP contribution < -0.4 is 5.32 Å². The number of likely N-dealkylation sites (tertiary alicyclic amines) is 1. The van der Waals surface area contributed by atoms with E-state index in [1.807, 2.05) is 29.2 Å². The van der Waals surface area contributed by atoms with Gasteiger partial charge in [-0.05, 0) is 60.5 Å². The molecule has 2 amide bonds. The minimum Gasteiger partial charge on any atom is -0.446 e. The molecule has 8 nitrogen and oxygen atoms in total. The number of imide groups is 1. The fourth-order valence-electron chi connectivity index (χ4n) is 3.81. The summed E-state index contributed by atoms with van der Waals surface area (Å²) in [6.45, 7) is 0.939. The highest BCUT2D eigenvalue weighted by atomic mass is 32.2. The second kappa shape index (κ2) is 8.60. The van der Waals surface area contributed by atoms with Gasteiger partial charge in [0.2, 0.25) is 5.89 Å². The molecule has 0 unspecified atom stereocenters. The molecule has 1 atom stereocenters. The largest absolute Gasteiger partial charge is 0.446 e. The van der Waals surface area contributed by atoms with Crippen LogP contribution in [0.25, 0.3) is 17.2 Å². The Morgan fingerprint density at radius 3 is 2.78 bits per heavy atom. The van der Waals surface area contributed by atoms with Crippen LogP contribution in [0.4, 0.5) is 4.79 Å². The lowest BCUT2D eigenvalue weighted by molar-refractivity contribution is -0.115. The van der Waals surface area contributed by atoms with Crippen molar-refractivity contribution < 1.29 is 23.5 Å². The molecule has 3 heterocycles. The van der Waals surface area contributed by atoms with Crippen LogP contribution in [0.3, 0.4) is 0 Å². The molecule has 0 saturated carbocycles. The molecule has 0 radical (unpaired) electrons. The van der Waals surface area contributed by atoms with E-state index in [1.165, 1.54) is 0 Å². The Morgan fingerprint density at radius 1 is 1.22 bits per heavy atom. The van der Waals surface area contributed by atoms with Crippen molar-refractivity contribution in [3.63, 3.8) is 0 Å². The standard InChI is InChI=1S/C23H19N3O5S/c27-20-19(32-23(29)25-20)12-14-7-9-15(10-8-14)22(28)30-13-26-11-3-5-17(26)21-24-16-4-1-2-6-18(16)31-21/h1-2,4,6-10,12,17H,3,5,11,13H2,(H,25,27,29)/b19-12-/t17-/m1/s1. The molecule has 5 rings (SSSR count). The van der Waals surface area contributed by atoms with Crippen LogP contribution >= 0.6 is 11.8 Å². The molecule has 3 aromatic rings. The number of para-hydroxylation sites is 2. The van der Waals surface area contributed by atoms with Gasteiger partial charge >= 0.3 is 5.97 Å². The first kappa shape index (κ1) is 20.5. The van der Waals surface area contributed by atoms with Crippen molar-refractivity contribution in [2.45, 2.75) is 18.9 Å². The van der Waals surface area contributed by atoms with E-state index in [0.29, 0.717) is 21.9 Å². The number of thioether (sulfide) groups is 1. The molecule has 2 saturated heterocycles. The lowest BCUT2D eigenvalue weighted by atomic mass is 10.1. The second-order valence-corrected chi connectivity index (χ2v) is 8.54. The molecule has 2 aromatic carbocycles. The zero-order valence-electron chi connectivity index (χ0n) is 16.9. The van der Waals surface area contributed by atoms with Crippen LogP contribution in [0.15, 0.2) is 57.9 Å². The number of hydrogen-bond donors (Lipinski definition) is 1. The number of nitrogens with zero attached hydrogens (tertiary/aromatic N) is 2. The van der Waals surface area contributed by atoms with Gasteiger partial charge in [-0.1, -0.05) is 24.3 Å². The van der Waals surface area contributed by atoms with E-state index in [9.17, 15) is 14.4 Å². The molecule has 162 valence electrons. The summed E-state index contributed by atoms with van der Waals surface area (Å²) in [4.78, 5) is 42.4. The number of carbonyl (C=O) groups excluding carboxylic acids is 3. The smallest absolute Gasteiger partial charge is 0.339 e. The number of esters is 1. The van der Waals surface area contributed by atoms with Gasteiger partial charge in [0.25, 0.3) is 11.1 Å². The van der Waals surface area contributed by atoms with Gasteiger partial charge in [-0.3, -0.25) is 19.8 Å². The number of carbonyl (C=O) groups is 3. The van der Waals surface area contributed by atoms with Gasteiger partial charge in [-0.25, -0.2) is 9.78 Å². The second-order valence-electron chi connectivity index (χ2n) is 7.53. The van der Waals surface area contributed by atoms with E-state index in [-0.39, 0.29) is 18.0 Å². The number of oxazole rings is 1. The monoisotopic (exact) mass is 449 g/mol. The first-order valence-electron chi connectivity index (χ1n) is 10.2. The summed E-state index contributed by atoms with van der Waals surface area (Å²) in [5, 5.41) is 1.82. The van der Waals surface area contributed by atoms with Crippen molar-refractivity contribution in [2.75, 3.05) is 13.3 Å². The van der Waals surface area contributed by atoms with Crippen LogP contribution in [0, 0.1) is 0 Å². The molecular formula is C23H19N3O5S. The van der Waals surface area contributed by atoms with Crippen LogP contribution in [0.5, 0.6) is 0 Å². The van der Waals surface area contributed by atoms with Crippen LogP contribution in [0.1, 0.15) is 40.7 Å². The molecule has 1 N–H and O–H groups in total. The van der Waals surface area contributed by atoms with Gasteiger partial charge in [0.15, 0.2) is 5.58 Å². The zero-order chi connectivity index (χ0) is 22.1. The van der Waals surface area contributed by atoms with Gasteiger partial charge in [0, 0.05) is 6.54 Å². The van der Waals surface area contributed by atoms with Crippen LogP contribution in [-0.4, -0.2) is 40.3 Å². The van der Waals surface area contributed by atoms with Gasteiger partial charge in [0.1, 0.15) is 12.2 Å². The van der Waals surface area contributed by atoms with Crippen molar-refractivity contribution in [3.05, 3.63) is 70.5 Å². The zero-order valence-corrected chi connectivity index (χ0v) is 17.8. The molecule has 9 heteroatoms. The highest BCUT2D eigenvalue weighted by Gasteiger charge is 2.31. The van der Waals surface area contributed by atoms with Crippen LogP contribution in [-0.2, 0) is 9.53 Å². The Labute approximate surface area is 187 Å². The Morgan fingerprint density at radius 2 is 2.03 bits per heavy atom. The fourth-order valence-corrected chi connectivity index (χ4v) is 4.49. The third kappa shape index (κ3) is 4.17. The molecule has 0 spiro atoms. The van der Waals surface area contributed by atoms with Crippen molar-refractivity contribution in [1.82, 2.24) is 15.2 Å². The first-order valence-corrected chi connectivity index (χ1v) is 11.0. The molecular weight excluding hydrogens is 430 g/mol. The van der Waals surface area contributed by atoms with Crippen molar-refractivity contribution in [3.8, 4) is 0 Å². The minimum absolute atomic E-state index is 0.0260. The lowest BCUT2D eigenvalue weighted by Gasteiger charge is -2.21. The molecule has 0 bridgehead atoms. The van der Waals surface area contributed by atoms with Gasteiger partial charge in [-0.15, -0.1) is 0 Å². The number of ether oxygens (including phenoxy) is 1. The average Bonchev–Trinajstić information content (AvgIpc) is 3.50. The highest BCUT2D eigenvalue weighted by Crippen LogP contribution is 2.33. The number of fused-ring (bicyclic) bond motifs is 1. The molecule has 2 aliphatic rings. The maximum Gasteiger partial charge on any atom is 0.339 e. The van der Waals surface area contributed by atoms with E-state index < -0.39 is 11.9 Å². The predicted molar refractivity (Wildman–Crippen MR) is 119 cm³/mol. The Kier molecular flexibility index (Phi) is 5.50. The van der Waals surface area contributed by atoms with E-state index in [4.69, 9.17) is 9.15 Å². The van der Waals surface area contributed by atoms with E-state index in [2.05, 4.69) is 10.3 Å². The van der Waals surface area contributed by atoms with E-state index in [1.54, 1.807) is 30.3 Å². The summed E-state index contributed by atoms with van der Waals surface area (Å²) in [5.41, 5.74) is 2.69. The van der Waals surface area contributed by atoms with Gasteiger partial charge < -0.3 is 9.15 Å². The average molecular weight is 449 g/mol. The predicted octanol–water partition coefficient (Wildman–Crippen LogP) is 4.10. The highest BCUT2D eigenvalue weighted by molar-refractivity contribution is 8.18. The summed E-state index contributed by atoms with van der Waals surface area (Å²) in [7, 11) is 0. The summed E-state index contributed by atoms with van der Waals surface area (Å²) in [5.74, 6) is -0.206. The topological polar surface area (TPSA) is 102 Å². The normalized spacial score (nSPS) is 20.2. The number of benzene rings is 2. The minimum atomic E-state index is -0.435. The quantitative estimate of drug-likeness (QED) is 0.459. The van der Waals surface area contributed by atoms with Crippen molar-refractivity contribution in [1.29, 1.82) is 0 Å². The maximum absolute atomic E-state index is 12.5. The Bertz CT molecular complexity index is 1200. The molecule has 0 aliphatic carbocycles. The Hall–Kier alpha value is -3.43. The van der Waals surface area contributed by atoms with Crippen molar-refractivity contribution >= 4 is 46.1 Å². The van der Waals surface area contributed by atoms with Gasteiger partial charge in [-0.2, -0.15) is 0 Å². The maximum atomic E-state index is 12.5. The molecule has 1 aromatic heterocycles. The Balaban J connectivity index is 1.22. The van der Waals surface area contributed by atoms with E-state index >= 15 is 0 Å². The summed E-state index contributed by atoms with van der Waals surface area (Å²) in [6, 6.07) is 14.3. The first-order chi connectivity index (χ1) is 15.6. The number of amides is 2. The molecule has 2 fully saturated rings. The fraction of sp³-hybridized carbons (Fsp3) is 0.217. The number of nitrogens with one attached hydrogen (secondary N) is 1. The van der Waals surface area contributed by atoms with E-state index in [0.717, 1.165) is 42.2 Å². The number of rotatable bonds is 5. The molecule has 2 aliphatic heterocycles. The van der Waals surface area contributed by atoms with Crippen molar-refractivity contribution in [2.24, 2.45) is 0 Å². The lowest BCUT2D eigenvalue weighted by Crippen LogP contribution is -2.28. The molecule has 32 heavy (non-hydrogen) atoms. The summed E-state index contributed by atoms with van der Waals surface area (Å²) >= 11 is 0.852. The number of hydrogen-bond acceptors (Lipinski definition) is 8. The van der Waals surface area contributed by atoms with Crippen LogP contribution in [0.2, 0.25) is 0 Å². The number of aromatic nitrogens is 1. The van der Waals surface area contributed by atoms with Gasteiger partial charge in [0.05, 0.1) is 16.5 Å². The third-order valence-corrected chi connectivity index (χ3v) is 6.22.